The molecule has 154 valence electrons. The molecule has 3 N–H and O–H groups in total. The highest BCUT2D eigenvalue weighted by Gasteiger charge is 2.28. The van der Waals surface area contributed by atoms with Crippen molar-refractivity contribution in [3.63, 3.8) is 0 Å². The second-order valence-corrected chi connectivity index (χ2v) is 7.44. The molecule has 0 spiro atoms. The van der Waals surface area contributed by atoms with Crippen molar-refractivity contribution < 1.29 is 19.5 Å². The van der Waals surface area contributed by atoms with Crippen LogP contribution in [0, 0.1) is 6.92 Å². The molecule has 0 aromatic heterocycles. The number of hydrogen-bond donors (Lipinski definition) is 3. The SMILES string of the molecule is CSCCC(NC(=O)Nc1cccc(C)c1)C(=O)N(CC(=O)O)c1ccccc1. The number of nitrogens with zero attached hydrogens (tertiary/aromatic N) is 1. The maximum absolute atomic E-state index is 13.1. The van der Waals surface area contributed by atoms with Crippen molar-refractivity contribution in [3.8, 4) is 0 Å². The van der Waals surface area contributed by atoms with Crippen molar-refractivity contribution in [1.29, 1.82) is 0 Å². The minimum Gasteiger partial charge on any atom is -0.480 e. The number of carbonyl (C=O) groups excluding carboxylic acids is 2. The number of anilines is 2. The van der Waals surface area contributed by atoms with E-state index in [0.717, 1.165) is 5.56 Å². The Morgan fingerprint density at radius 3 is 2.45 bits per heavy atom. The Balaban J connectivity index is 2.18. The third-order valence-corrected chi connectivity index (χ3v) is 4.76. The number of aryl methyl sites for hydroxylation is 1. The first-order valence-corrected chi connectivity index (χ1v) is 10.5. The minimum absolute atomic E-state index is 0.379. The summed E-state index contributed by atoms with van der Waals surface area (Å²) in [6.45, 7) is 1.43. The molecule has 0 fully saturated rings. The van der Waals surface area contributed by atoms with Crippen LogP contribution in [-0.2, 0) is 9.59 Å². The molecule has 0 heterocycles. The van der Waals surface area contributed by atoms with E-state index < -0.39 is 30.5 Å². The largest absolute Gasteiger partial charge is 0.480 e. The molecule has 0 saturated heterocycles. The first-order valence-electron chi connectivity index (χ1n) is 9.12. The normalized spacial score (nSPS) is 11.4. The number of thioether (sulfide) groups is 1. The van der Waals surface area contributed by atoms with Crippen LogP contribution in [0.4, 0.5) is 16.2 Å². The molecule has 0 saturated carbocycles. The Labute approximate surface area is 174 Å². The lowest BCUT2D eigenvalue weighted by atomic mass is 10.1. The molecule has 1 unspecified atom stereocenters. The molecular weight excluding hydrogens is 390 g/mol. The molecule has 2 rings (SSSR count). The highest BCUT2D eigenvalue weighted by molar-refractivity contribution is 7.98. The summed E-state index contributed by atoms with van der Waals surface area (Å²) in [5.74, 6) is -0.960. The number of hydrogen-bond acceptors (Lipinski definition) is 4. The second kappa shape index (κ2) is 11.1. The van der Waals surface area contributed by atoms with Crippen LogP contribution in [0.5, 0.6) is 0 Å². The number of nitrogens with one attached hydrogen (secondary N) is 2. The predicted octanol–water partition coefficient (Wildman–Crippen LogP) is 3.36. The van der Waals surface area contributed by atoms with Gasteiger partial charge in [-0.05, 0) is 55.2 Å². The van der Waals surface area contributed by atoms with Gasteiger partial charge in [-0.1, -0.05) is 30.3 Å². The van der Waals surface area contributed by atoms with Crippen LogP contribution in [0.1, 0.15) is 12.0 Å². The lowest BCUT2D eigenvalue weighted by molar-refractivity contribution is -0.136. The maximum atomic E-state index is 13.1. The zero-order valence-electron chi connectivity index (χ0n) is 16.4. The first kappa shape index (κ1) is 22.3. The van der Waals surface area contributed by atoms with Crippen LogP contribution in [0.2, 0.25) is 0 Å². The van der Waals surface area contributed by atoms with E-state index in [1.54, 1.807) is 48.2 Å². The van der Waals surface area contributed by atoms with Gasteiger partial charge in [0.15, 0.2) is 0 Å². The van der Waals surface area contributed by atoms with E-state index >= 15 is 0 Å². The first-order chi connectivity index (χ1) is 13.9. The van der Waals surface area contributed by atoms with Crippen LogP contribution < -0.4 is 15.5 Å². The van der Waals surface area contributed by atoms with E-state index in [9.17, 15) is 19.5 Å². The van der Waals surface area contributed by atoms with Gasteiger partial charge in [0.1, 0.15) is 12.6 Å². The molecule has 29 heavy (non-hydrogen) atoms. The van der Waals surface area contributed by atoms with Gasteiger partial charge in [0.2, 0.25) is 5.91 Å². The third-order valence-electron chi connectivity index (χ3n) is 4.12. The highest BCUT2D eigenvalue weighted by atomic mass is 32.2. The smallest absolute Gasteiger partial charge is 0.323 e. The zero-order valence-corrected chi connectivity index (χ0v) is 17.2. The molecule has 0 aliphatic carbocycles. The van der Waals surface area contributed by atoms with Gasteiger partial charge in [-0.15, -0.1) is 0 Å². The van der Waals surface area contributed by atoms with Gasteiger partial charge in [-0.25, -0.2) is 4.79 Å². The molecule has 2 aromatic rings. The molecule has 0 aliphatic rings. The van der Waals surface area contributed by atoms with Gasteiger partial charge >= 0.3 is 12.0 Å². The molecule has 7 nitrogen and oxygen atoms in total. The fraction of sp³-hybridized carbons (Fsp3) is 0.286. The summed E-state index contributed by atoms with van der Waals surface area (Å²) >= 11 is 1.54. The number of para-hydroxylation sites is 1. The summed E-state index contributed by atoms with van der Waals surface area (Å²) in [6, 6.07) is 14.5. The average Bonchev–Trinajstić information content (AvgIpc) is 2.69. The third kappa shape index (κ3) is 7.15. The molecule has 0 radical (unpaired) electrons. The van der Waals surface area contributed by atoms with Gasteiger partial charge in [0.05, 0.1) is 0 Å². The van der Waals surface area contributed by atoms with E-state index in [4.69, 9.17) is 0 Å². The number of carboxylic acids is 1. The second-order valence-electron chi connectivity index (χ2n) is 6.46. The number of benzene rings is 2. The molecule has 2 aromatic carbocycles. The van der Waals surface area contributed by atoms with Crippen molar-refractivity contribution in [3.05, 3.63) is 60.2 Å². The molecular formula is C21H25N3O4S. The maximum Gasteiger partial charge on any atom is 0.323 e. The lowest BCUT2D eigenvalue weighted by Crippen LogP contribution is -2.51. The van der Waals surface area contributed by atoms with E-state index in [1.165, 1.54) is 4.90 Å². The van der Waals surface area contributed by atoms with Gasteiger partial charge in [-0.2, -0.15) is 11.8 Å². The molecule has 0 bridgehead atoms. The fourth-order valence-corrected chi connectivity index (χ4v) is 3.24. The topological polar surface area (TPSA) is 98.7 Å². The van der Waals surface area contributed by atoms with Crippen molar-refractivity contribution in [1.82, 2.24) is 5.32 Å². The molecule has 8 heteroatoms. The van der Waals surface area contributed by atoms with Gasteiger partial charge in [0, 0.05) is 11.4 Å². The number of aliphatic carboxylic acids is 1. The summed E-state index contributed by atoms with van der Waals surface area (Å²) in [4.78, 5) is 38.1. The minimum atomic E-state index is -1.13. The number of rotatable bonds is 9. The Kier molecular flexibility index (Phi) is 8.54. The molecule has 1 atom stereocenters. The van der Waals surface area contributed by atoms with Gasteiger partial charge in [-0.3, -0.25) is 14.5 Å². The van der Waals surface area contributed by atoms with Crippen molar-refractivity contribution in [2.45, 2.75) is 19.4 Å². The van der Waals surface area contributed by atoms with Crippen molar-refractivity contribution in [2.24, 2.45) is 0 Å². The number of carboxylic acid groups (broad SMARTS) is 1. The van der Waals surface area contributed by atoms with E-state index in [-0.39, 0.29) is 0 Å². The summed E-state index contributed by atoms with van der Waals surface area (Å²) in [5.41, 5.74) is 2.08. The van der Waals surface area contributed by atoms with Gasteiger partial charge in [0.25, 0.3) is 0 Å². The standard InChI is InChI=1S/C21H25N3O4S/c1-15-7-6-8-16(13-15)22-21(28)23-18(11-12-29-2)20(27)24(14-19(25)26)17-9-4-3-5-10-17/h3-10,13,18H,11-12,14H2,1-2H3,(H,25,26)(H2,22,23,28). The number of urea groups is 1. The average molecular weight is 416 g/mol. The molecule has 3 amide bonds. The predicted molar refractivity (Wildman–Crippen MR) is 117 cm³/mol. The Hall–Kier alpha value is -3.00. The quantitative estimate of drug-likeness (QED) is 0.583. The van der Waals surface area contributed by atoms with Crippen LogP contribution in [0.15, 0.2) is 54.6 Å². The highest BCUT2D eigenvalue weighted by Crippen LogP contribution is 2.16. The molecule has 0 aliphatic heterocycles. The number of carbonyl (C=O) groups is 3. The van der Waals surface area contributed by atoms with Crippen molar-refractivity contribution >= 4 is 41.0 Å². The Morgan fingerprint density at radius 1 is 1.10 bits per heavy atom. The lowest BCUT2D eigenvalue weighted by Gasteiger charge is -2.27. The summed E-state index contributed by atoms with van der Waals surface area (Å²) in [6.07, 6.45) is 2.28. The summed E-state index contributed by atoms with van der Waals surface area (Å²) < 4.78 is 0. The summed E-state index contributed by atoms with van der Waals surface area (Å²) in [5, 5.41) is 14.7. The van der Waals surface area contributed by atoms with Crippen molar-refractivity contribution in [2.75, 3.05) is 28.8 Å². The zero-order chi connectivity index (χ0) is 21.2. The van der Waals surface area contributed by atoms with E-state index in [0.29, 0.717) is 23.5 Å². The van der Waals surface area contributed by atoms with Crippen LogP contribution >= 0.6 is 11.8 Å². The number of amides is 3. The van der Waals surface area contributed by atoms with Crippen LogP contribution in [0.3, 0.4) is 0 Å². The summed E-state index contributed by atoms with van der Waals surface area (Å²) in [7, 11) is 0. The van der Waals surface area contributed by atoms with Gasteiger partial charge < -0.3 is 15.7 Å². The van der Waals surface area contributed by atoms with Crippen LogP contribution in [0.25, 0.3) is 0 Å². The monoisotopic (exact) mass is 415 g/mol. The Morgan fingerprint density at radius 2 is 1.83 bits per heavy atom. The van der Waals surface area contributed by atoms with E-state index in [1.807, 2.05) is 31.4 Å². The van der Waals surface area contributed by atoms with E-state index in [2.05, 4.69) is 10.6 Å². The Bertz CT molecular complexity index is 845. The van der Waals surface area contributed by atoms with Crippen LogP contribution in [-0.4, -0.2) is 47.6 Å². The fourth-order valence-electron chi connectivity index (χ4n) is 2.77.